The number of cyclic esters (lactones) is 1. The third-order valence-electron chi connectivity index (χ3n) is 2.46. The topological polar surface area (TPSA) is 38.3 Å². The number of carbonyl (C=O) groups is 1. The van der Waals surface area contributed by atoms with Gasteiger partial charge in [0, 0.05) is 9.58 Å². The van der Waals surface area contributed by atoms with E-state index in [9.17, 15) is 4.79 Å². The number of alkyl carbamates (subject to hydrolysis) is 1. The lowest BCUT2D eigenvalue weighted by Gasteiger charge is -2.01. The molecule has 0 aliphatic carbocycles. The van der Waals surface area contributed by atoms with Gasteiger partial charge in [0.25, 0.3) is 0 Å². The van der Waals surface area contributed by atoms with E-state index in [-0.39, 0.29) is 12.1 Å². The molecule has 0 saturated carbocycles. The largest absolute Gasteiger partial charge is 0.447 e. The van der Waals surface area contributed by atoms with Gasteiger partial charge in [-0.05, 0) is 17.5 Å². The summed E-state index contributed by atoms with van der Waals surface area (Å²) >= 11 is 1.70. The van der Waals surface area contributed by atoms with Crippen LogP contribution in [-0.2, 0) is 4.74 Å². The summed E-state index contributed by atoms with van der Waals surface area (Å²) in [7, 11) is 0. The Hall–Kier alpha value is -1.55. The summed E-state index contributed by atoms with van der Waals surface area (Å²) in [6, 6.07) is 10.3. The minimum atomic E-state index is -0.322. The van der Waals surface area contributed by atoms with Crippen molar-refractivity contribution < 1.29 is 9.53 Å². The molecule has 1 N–H and O–H groups in total. The molecule has 1 aromatic carbocycles. The van der Waals surface area contributed by atoms with Crippen LogP contribution in [0.4, 0.5) is 4.79 Å². The second kappa shape index (κ2) is 3.24. The minimum Gasteiger partial charge on any atom is -0.447 e. The summed E-state index contributed by atoms with van der Waals surface area (Å²) in [4.78, 5) is 12.1. The molecule has 1 atom stereocenters. The van der Waals surface area contributed by atoms with E-state index in [1.165, 1.54) is 10.1 Å². The Morgan fingerprint density at radius 1 is 1.40 bits per heavy atom. The molecule has 1 fully saturated rings. The Morgan fingerprint density at radius 2 is 2.27 bits per heavy atom. The second-order valence-electron chi connectivity index (χ2n) is 3.48. The molecule has 1 aliphatic heterocycles. The second-order valence-corrected chi connectivity index (χ2v) is 4.60. The van der Waals surface area contributed by atoms with Crippen LogP contribution >= 0.6 is 11.3 Å². The third kappa shape index (κ3) is 1.47. The first-order valence-electron chi connectivity index (χ1n) is 4.75. The molecule has 1 saturated heterocycles. The number of nitrogens with one attached hydrogen (secondary N) is 1. The fourth-order valence-electron chi connectivity index (χ4n) is 1.71. The van der Waals surface area contributed by atoms with E-state index < -0.39 is 0 Å². The van der Waals surface area contributed by atoms with Crippen LogP contribution in [0.15, 0.2) is 30.3 Å². The molecule has 1 aliphatic rings. The van der Waals surface area contributed by atoms with Gasteiger partial charge >= 0.3 is 6.09 Å². The number of rotatable bonds is 1. The molecule has 3 rings (SSSR count). The molecule has 0 radical (unpaired) electrons. The highest BCUT2D eigenvalue weighted by Gasteiger charge is 2.25. The number of carbonyl (C=O) groups excluding carboxylic acids is 1. The zero-order chi connectivity index (χ0) is 10.3. The smallest absolute Gasteiger partial charge is 0.407 e. The van der Waals surface area contributed by atoms with Crippen molar-refractivity contribution in [2.24, 2.45) is 0 Å². The van der Waals surface area contributed by atoms with Crippen molar-refractivity contribution in [1.82, 2.24) is 5.32 Å². The van der Waals surface area contributed by atoms with E-state index in [2.05, 4.69) is 23.5 Å². The Kier molecular flexibility index (Phi) is 1.89. The Balaban J connectivity index is 2.01. The zero-order valence-corrected chi connectivity index (χ0v) is 8.71. The molecule has 15 heavy (non-hydrogen) atoms. The van der Waals surface area contributed by atoms with Gasteiger partial charge in [0.05, 0.1) is 0 Å². The van der Waals surface area contributed by atoms with Gasteiger partial charge in [0.15, 0.2) is 0 Å². The SMILES string of the molecule is O=C1NC(c2cc3ccccc3s2)CO1. The van der Waals surface area contributed by atoms with Gasteiger partial charge < -0.3 is 10.1 Å². The molecule has 4 heteroatoms. The van der Waals surface area contributed by atoms with E-state index in [4.69, 9.17) is 4.74 Å². The van der Waals surface area contributed by atoms with E-state index >= 15 is 0 Å². The molecule has 76 valence electrons. The van der Waals surface area contributed by atoms with Crippen molar-refractivity contribution in [2.45, 2.75) is 6.04 Å². The minimum absolute atomic E-state index is 0.0231. The van der Waals surface area contributed by atoms with Crippen LogP contribution < -0.4 is 5.32 Å². The molecule has 1 amide bonds. The highest BCUT2D eigenvalue weighted by molar-refractivity contribution is 7.19. The Morgan fingerprint density at radius 3 is 3.00 bits per heavy atom. The number of amides is 1. The van der Waals surface area contributed by atoms with E-state index in [1.54, 1.807) is 11.3 Å². The lowest BCUT2D eigenvalue weighted by atomic mass is 10.2. The van der Waals surface area contributed by atoms with Gasteiger partial charge in [0.1, 0.15) is 12.6 Å². The number of benzene rings is 1. The van der Waals surface area contributed by atoms with Crippen LogP contribution in [0.2, 0.25) is 0 Å². The quantitative estimate of drug-likeness (QED) is 0.800. The molecule has 2 aromatic rings. The van der Waals surface area contributed by atoms with Crippen molar-refractivity contribution in [3.8, 4) is 0 Å². The molecule has 1 aromatic heterocycles. The van der Waals surface area contributed by atoms with E-state index in [0.717, 1.165) is 4.88 Å². The normalized spacial score (nSPS) is 20.3. The molecule has 0 spiro atoms. The number of ether oxygens (including phenoxy) is 1. The first-order valence-corrected chi connectivity index (χ1v) is 5.56. The summed E-state index contributed by atoms with van der Waals surface area (Å²) in [5.74, 6) is 0. The summed E-state index contributed by atoms with van der Waals surface area (Å²) < 4.78 is 6.12. The van der Waals surface area contributed by atoms with Gasteiger partial charge in [0.2, 0.25) is 0 Å². The van der Waals surface area contributed by atoms with E-state index in [1.807, 2.05) is 12.1 Å². The van der Waals surface area contributed by atoms with Crippen LogP contribution in [0.3, 0.4) is 0 Å². The molecule has 3 nitrogen and oxygen atoms in total. The summed E-state index contributed by atoms with van der Waals surface area (Å²) in [6.45, 7) is 0.436. The van der Waals surface area contributed by atoms with Crippen molar-refractivity contribution in [2.75, 3.05) is 6.61 Å². The lowest BCUT2D eigenvalue weighted by molar-refractivity contribution is 0.177. The van der Waals surface area contributed by atoms with E-state index in [0.29, 0.717) is 6.61 Å². The average Bonchev–Trinajstić information content (AvgIpc) is 2.82. The Labute approximate surface area is 90.7 Å². The Bertz CT molecular complexity index is 487. The van der Waals surface area contributed by atoms with Gasteiger partial charge in [-0.1, -0.05) is 18.2 Å². The van der Waals surface area contributed by atoms with Crippen LogP contribution in [-0.4, -0.2) is 12.7 Å². The maximum atomic E-state index is 10.9. The maximum Gasteiger partial charge on any atom is 0.407 e. The van der Waals surface area contributed by atoms with Gasteiger partial charge in [-0.25, -0.2) is 4.79 Å². The molecule has 2 heterocycles. The van der Waals surface area contributed by atoms with Gasteiger partial charge in [-0.15, -0.1) is 11.3 Å². The summed E-state index contributed by atoms with van der Waals surface area (Å²) in [5.41, 5.74) is 0. The molecular formula is C11H9NO2S. The molecular weight excluding hydrogens is 210 g/mol. The number of fused-ring (bicyclic) bond motifs is 1. The highest BCUT2D eigenvalue weighted by atomic mass is 32.1. The van der Waals surface area contributed by atoms with Crippen LogP contribution in [0.1, 0.15) is 10.9 Å². The first-order chi connectivity index (χ1) is 7.33. The number of hydrogen-bond donors (Lipinski definition) is 1. The lowest BCUT2D eigenvalue weighted by Crippen LogP contribution is -2.17. The van der Waals surface area contributed by atoms with Crippen molar-refractivity contribution in [3.05, 3.63) is 35.2 Å². The predicted molar refractivity (Wildman–Crippen MR) is 59.0 cm³/mol. The highest BCUT2D eigenvalue weighted by Crippen LogP contribution is 2.31. The predicted octanol–water partition coefficient (Wildman–Crippen LogP) is 2.68. The van der Waals surface area contributed by atoms with Crippen molar-refractivity contribution in [1.29, 1.82) is 0 Å². The fourth-order valence-corrected chi connectivity index (χ4v) is 2.81. The monoisotopic (exact) mass is 219 g/mol. The molecule has 0 bridgehead atoms. The fraction of sp³-hybridized carbons (Fsp3) is 0.182. The van der Waals surface area contributed by atoms with Crippen molar-refractivity contribution >= 4 is 27.5 Å². The molecule has 1 unspecified atom stereocenters. The van der Waals surface area contributed by atoms with Crippen LogP contribution in [0.5, 0.6) is 0 Å². The summed E-state index contributed by atoms with van der Waals surface area (Å²) in [5, 5.41) is 4.00. The van der Waals surface area contributed by atoms with Gasteiger partial charge in [-0.3, -0.25) is 0 Å². The zero-order valence-electron chi connectivity index (χ0n) is 7.90. The number of thiophene rings is 1. The maximum absolute atomic E-state index is 10.9. The van der Waals surface area contributed by atoms with Crippen LogP contribution in [0.25, 0.3) is 10.1 Å². The van der Waals surface area contributed by atoms with Gasteiger partial charge in [-0.2, -0.15) is 0 Å². The average molecular weight is 219 g/mol. The third-order valence-corrected chi connectivity index (χ3v) is 3.69. The van der Waals surface area contributed by atoms with Crippen LogP contribution in [0, 0.1) is 0 Å². The summed E-state index contributed by atoms with van der Waals surface area (Å²) in [6.07, 6.45) is -0.322. The first kappa shape index (κ1) is 8.73. The number of hydrogen-bond acceptors (Lipinski definition) is 3. The standard InChI is InChI=1S/C11H9NO2S/c13-11-12-8(6-14-11)10-5-7-3-1-2-4-9(7)15-10/h1-5,8H,6H2,(H,12,13). The van der Waals surface area contributed by atoms with Crippen molar-refractivity contribution in [3.63, 3.8) is 0 Å².